The third kappa shape index (κ3) is 4.37. The van der Waals surface area contributed by atoms with Crippen LogP contribution in [-0.4, -0.2) is 29.2 Å². The Bertz CT molecular complexity index is 918. The fourth-order valence-corrected chi connectivity index (χ4v) is 4.36. The number of nitrogens with zero attached hydrogens (tertiary/aromatic N) is 1. The number of imide groups is 1. The third-order valence-electron chi connectivity index (χ3n) is 5.99. The Morgan fingerprint density at radius 1 is 0.967 bits per heavy atom. The van der Waals surface area contributed by atoms with Crippen molar-refractivity contribution in [2.24, 2.45) is 5.41 Å². The number of nitrogens with one attached hydrogen (secondary N) is 1. The standard InChI is InChI=1S/C24H26N2O4/c27-21(16-26-22(28)15-24(23(26)29)13-5-2-6-14-24)25-19-9-11-20(12-10-19)30-17-18-7-3-1-4-8-18/h1,3-4,7-12H,2,5-6,13-17H2,(H,25,27). The predicted molar refractivity (Wildman–Crippen MR) is 113 cm³/mol. The Morgan fingerprint density at radius 3 is 2.37 bits per heavy atom. The molecule has 0 unspecified atom stereocenters. The van der Waals surface area contributed by atoms with Crippen LogP contribution in [0.4, 0.5) is 5.69 Å². The zero-order chi connectivity index (χ0) is 21.0. The van der Waals surface area contributed by atoms with Gasteiger partial charge in [0.25, 0.3) is 0 Å². The van der Waals surface area contributed by atoms with Crippen LogP contribution in [0.2, 0.25) is 0 Å². The topological polar surface area (TPSA) is 75.7 Å². The second-order valence-electron chi connectivity index (χ2n) is 8.15. The van der Waals surface area contributed by atoms with E-state index in [-0.39, 0.29) is 30.7 Å². The number of benzene rings is 2. The summed E-state index contributed by atoms with van der Waals surface area (Å²) < 4.78 is 5.74. The van der Waals surface area contributed by atoms with Crippen molar-refractivity contribution in [2.45, 2.75) is 45.1 Å². The number of rotatable bonds is 6. The van der Waals surface area contributed by atoms with Crippen LogP contribution in [0.1, 0.15) is 44.1 Å². The molecule has 30 heavy (non-hydrogen) atoms. The highest BCUT2D eigenvalue weighted by Crippen LogP contribution is 2.45. The molecule has 1 N–H and O–H groups in total. The average Bonchev–Trinajstić information content (AvgIpc) is 2.98. The molecule has 2 fully saturated rings. The van der Waals surface area contributed by atoms with Crippen molar-refractivity contribution in [3.05, 3.63) is 60.2 Å². The van der Waals surface area contributed by atoms with Crippen molar-refractivity contribution in [3.63, 3.8) is 0 Å². The lowest BCUT2D eigenvalue weighted by Gasteiger charge is -2.30. The molecule has 6 heteroatoms. The van der Waals surface area contributed by atoms with E-state index in [0.29, 0.717) is 18.0 Å². The minimum Gasteiger partial charge on any atom is -0.489 e. The molecule has 0 bridgehead atoms. The van der Waals surface area contributed by atoms with Gasteiger partial charge in [-0.2, -0.15) is 0 Å². The molecule has 1 heterocycles. The van der Waals surface area contributed by atoms with E-state index in [4.69, 9.17) is 4.74 Å². The Balaban J connectivity index is 1.30. The maximum Gasteiger partial charge on any atom is 0.244 e. The normalized spacial score (nSPS) is 17.9. The number of amides is 3. The maximum atomic E-state index is 12.8. The maximum absolute atomic E-state index is 12.8. The summed E-state index contributed by atoms with van der Waals surface area (Å²) in [5, 5.41) is 2.76. The molecular formula is C24H26N2O4. The first kappa shape index (κ1) is 20.1. The molecule has 2 aliphatic rings. The van der Waals surface area contributed by atoms with Crippen molar-refractivity contribution in [1.82, 2.24) is 4.90 Å². The minimum absolute atomic E-state index is 0.174. The van der Waals surface area contributed by atoms with E-state index in [1.165, 1.54) is 0 Å². The highest BCUT2D eigenvalue weighted by atomic mass is 16.5. The molecule has 0 aromatic heterocycles. The van der Waals surface area contributed by atoms with Crippen LogP contribution in [0.5, 0.6) is 5.75 Å². The molecule has 1 aliphatic heterocycles. The van der Waals surface area contributed by atoms with Crippen molar-refractivity contribution >= 4 is 23.4 Å². The zero-order valence-electron chi connectivity index (χ0n) is 16.9. The van der Waals surface area contributed by atoms with Gasteiger partial charge in [0.05, 0.1) is 5.41 Å². The lowest BCUT2D eigenvalue weighted by atomic mass is 9.73. The summed E-state index contributed by atoms with van der Waals surface area (Å²) in [6, 6.07) is 16.9. The van der Waals surface area contributed by atoms with Crippen molar-refractivity contribution in [1.29, 1.82) is 0 Å². The number of hydrogen-bond acceptors (Lipinski definition) is 4. The molecule has 0 radical (unpaired) electrons. The molecule has 156 valence electrons. The van der Waals surface area contributed by atoms with Crippen molar-refractivity contribution < 1.29 is 19.1 Å². The van der Waals surface area contributed by atoms with Gasteiger partial charge in [-0.1, -0.05) is 49.6 Å². The Labute approximate surface area is 176 Å². The van der Waals surface area contributed by atoms with E-state index < -0.39 is 5.41 Å². The molecule has 1 saturated heterocycles. The van der Waals surface area contributed by atoms with Gasteiger partial charge in [-0.05, 0) is 42.7 Å². The Morgan fingerprint density at radius 2 is 1.67 bits per heavy atom. The van der Waals surface area contributed by atoms with Gasteiger partial charge >= 0.3 is 0 Å². The van der Waals surface area contributed by atoms with Gasteiger partial charge in [-0.15, -0.1) is 0 Å². The first-order chi connectivity index (χ1) is 14.6. The summed E-state index contributed by atoms with van der Waals surface area (Å²) in [4.78, 5) is 38.8. The number of carbonyl (C=O) groups is 3. The first-order valence-electron chi connectivity index (χ1n) is 10.5. The summed E-state index contributed by atoms with van der Waals surface area (Å²) in [5.74, 6) is -0.0859. The SMILES string of the molecule is O=C(CN1C(=O)CC2(CCCCC2)C1=O)Nc1ccc(OCc2ccccc2)cc1. The van der Waals surface area contributed by atoms with Crippen LogP contribution < -0.4 is 10.1 Å². The van der Waals surface area contributed by atoms with Crippen LogP contribution in [0.15, 0.2) is 54.6 Å². The van der Waals surface area contributed by atoms with Gasteiger partial charge in [-0.3, -0.25) is 19.3 Å². The molecule has 3 amide bonds. The molecule has 1 saturated carbocycles. The Hall–Kier alpha value is -3.15. The minimum atomic E-state index is -0.562. The van der Waals surface area contributed by atoms with Gasteiger partial charge in [0.2, 0.25) is 17.7 Å². The lowest BCUT2D eigenvalue weighted by molar-refractivity contribution is -0.144. The molecule has 4 rings (SSSR count). The molecule has 2 aromatic rings. The number of likely N-dealkylation sites (tertiary alicyclic amines) is 1. The second kappa shape index (κ2) is 8.69. The van der Waals surface area contributed by atoms with Crippen LogP contribution >= 0.6 is 0 Å². The van der Waals surface area contributed by atoms with Gasteiger partial charge < -0.3 is 10.1 Å². The van der Waals surface area contributed by atoms with Crippen LogP contribution in [-0.2, 0) is 21.0 Å². The fraction of sp³-hybridized carbons (Fsp3) is 0.375. The molecule has 1 spiro atoms. The highest BCUT2D eigenvalue weighted by Gasteiger charge is 2.51. The van der Waals surface area contributed by atoms with Crippen LogP contribution in [0.3, 0.4) is 0 Å². The monoisotopic (exact) mass is 406 g/mol. The average molecular weight is 406 g/mol. The van der Waals surface area contributed by atoms with E-state index in [2.05, 4.69) is 5.32 Å². The van der Waals surface area contributed by atoms with E-state index in [0.717, 1.165) is 42.6 Å². The first-order valence-corrected chi connectivity index (χ1v) is 10.5. The quantitative estimate of drug-likeness (QED) is 0.738. The van der Waals surface area contributed by atoms with Crippen molar-refractivity contribution in [2.75, 3.05) is 11.9 Å². The van der Waals surface area contributed by atoms with Gasteiger partial charge in [0.15, 0.2) is 0 Å². The van der Waals surface area contributed by atoms with Gasteiger partial charge in [0, 0.05) is 12.1 Å². The smallest absolute Gasteiger partial charge is 0.244 e. The van der Waals surface area contributed by atoms with Crippen LogP contribution in [0.25, 0.3) is 0 Å². The fourth-order valence-electron chi connectivity index (χ4n) is 4.36. The zero-order valence-corrected chi connectivity index (χ0v) is 16.9. The molecular weight excluding hydrogens is 380 g/mol. The van der Waals surface area contributed by atoms with Gasteiger partial charge in [-0.25, -0.2) is 0 Å². The lowest BCUT2D eigenvalue weighted by Crippen LogP contribution is -2.41. The number of hydrogen-bond donors (Lipinski definition) is 1. The van der Waals surface area contributed by atoms with E-state index >= 15 is 0 Å². The van der Waals surface area contributed by atoms with E-state index in [9.17, 15) is 14.4 Å². The predicted octanol–water partition coefficient (Wildman–Crippen LogP) is 3.91. The molecule has 1 aliphatic carbocycles. The molecule has 6 nitrogen and oxygen atoms in total. The number of ether oxygens (including phenoxy) is 1. The molecule has 0 atom stereocenters. The number of carbonyl (C=O) groups excluding carboxylic acids is 3. The Kier molecular flexibility index (Phi) is 5.84. The van der Waals surface area contributed by atoms with E-state index in [1.54, 1.807) is 24.3 Å². The summed E-state index contributed by atoms with van der Waals surface area (Å²) in [5.41, 5.74) is 1.11. The molecule has 2 aromatic carbocycles. The second-order valence-corrected chi connectivity index (χ2v) is 8.15. The summed E-state index contributed by atoms with van der Waals surface area (Å²) >= 11 is 0. The number of anilines is 1. The van der Waals surface area contributed by atoms with Gasteiger partial charge in [0.1, 0.15) is 18.9 Å². The third-order valence-corrected chi connectivity index (χ3v) is 5.99. The summed E-state index contributed by atoms with van der Waals surface area (Å²) in [6.07, 6.45) is 4.79. The van der Waals surface area contributed by atoms with Crippen molar-refractivity contribution in [3.8, 4) is 5.75 Å². The highest BCUT2D eigenvalue weighted by molar-refractivity contribution is 6.09. The van der Waals surface area contributed by atoms with Crippen LogP contribution in [0, 0.1) is 5.41 Å². The summed E-state index contributed by atoms with van der Waals surface area (Å²) in [7, 11) is 0. The summed E-state index contributed by atoms with van der Waals surface area (Å²) in [6.45, 7) is 0.235. The largest absolute Gasteiger partial charge is 0.489 e. The van der Waals surface area contributed by atoms with E-state index in [1.807, 2.05) is 30.3 Å².